The molecule has 180 valence electrons. The van der Waals surface area contributed by atoms with Crippen LogP contribution < -0.4 is 20.1 Å². The Bertz CT molecular complexity index is 1540. The van der Waals surface area contributed by atoms with Gasteiger partial charge in [0.05, 0.1) is 27.5 Å². The van der Waals surface area contributed by atoms with Gasteiger partial charge in [0.2, 0.25) is 12.7 Å². The van der Waals surface area contributed by atoms with E-state index in [0.717, 1.165) is 5.56 Å². The van der Waals surface area contributed by atoms with Crippen LogP contribution in [0.1, 0.15) is 18.5 Å². The number of rotatable bonds is 4. The zero-order valence-electron chi connectivity index (χ0n) is 18.8. The van der Waals surface area contributed by atoms with E-state index < -0.39 is 6.04 Å². The first-order valence-electron chi connectivity index (χ1n) is 11.0. The molecule has 0 spiro atoms. The Kier molecular flexibility index (Phi) is 5.50. The number of aromatic nitrogens is 4. The molecule has 1 atom stereocenters. The van der Waals surface area contributed by atoms with Gasteiger partial charge < -0.3 is 20.1 Å². The summed E-state index contributed by atoms with van der Waals surface area (Å²) < 4.78 is 12.8. The van der Waals surface area contributed by atoms with Crippen molar-refractivity contribution in [3.63, 3.8) is 0 Å². The zero-order chi connectivity index (χ0) is 24.8. The van der Waals surface area contributed by atoms with Crippen LogP contribution in [0.2, 0.25) is 10.0 Å². The highest BCUT2D eigenvalue weighted by Gasteiger charge is 2.35. The maximum absolute atomic E-state index is 13.6. The number of allylic oxidation sites excluding steroid dienone is 1. The van der Waals surface area contributed by atoms with Gasteiger partial charge in [-0.05, 0) is 55.0 Å². The third kappa shape index (κ3) is 3.92. The average molecular weight is 521 g/mol. The first-order valence-corrected chi connectivity index (χ1v) is 11.7. The highest BCUT2D eigenvalue weighted by molar-refractivity contribution is 6.42. The summed E-state index contributed by atoms with van der Waals surface area (Å²) >= 11 is 12.3. The second-order valence-corrected chi connectivity index (χ2v) is 9.02. The summed E-state index contributed by atoms with van der Waals surface area (Å²) in [4.78, 5) is 22.3. The van der Waals surface area contributed by atoms with Crippen LogP contribution in [-0.2, 0) is 4.79 Å². The topological polar surface area (TPSA) is 103 Å². The Hall–Kier alpha value is -4.08. The second-order valence-electron chi connectivity index (χ2n) is 8.21. The normalized spacial score (nSPS) is 15.9. The molecular formula is C25H18Cl2N6O3. The maximum Gasteiger partial charge on any atom is 0.255 e. The van der Waals surface area contributed by atoms with Gasteiger partial charge in [-0.2, -0.15) is 4.98 Å². The van der Waals surface area contributed by atoms with E-state index in [4.69, 9.17) is 37.8 Å². The minimum Gasteiger partial charge on any atom is -0.454 e. The van der Waals surface area contributed by atoms with Crippen LogP contribution in [0.25, 0.3) is 11.4 Å². The molecule has 0 saturated carbocycles. The summed E-state index contributed by atoms with van der Waals surface area (Å²) in [5.74, 6) is 1.86. The molecular weight excluding hydrogens is 503 g/mol. The number of nitrogens with zero attached hydrogens (tertiary/aromatic N) is 4. The summed E-state index contributed by atoms with van der Waals surface area (Å²) in [6.07, 6.45) is 3.23. The van der Waals surface area contributed by atoms with Crippen molar-refractivity contribution in [3.8, 4) is 22.9 Å². The third-order valence-corrected chi connectivity index (χ3v) is 6.65. The summed E-state index contributed by atoms with van der Waals surface area (Å²) in [5, 5.41) is 11.7. The highest BCUT2D eigenvalue weighted by atomic mass is 35.5. The minimum atomic E-state index is -0.601. The number of pyridine rings is 1. The van der Waals surface area contributed by atoms with Gasteiger partial charge in [-0.25, -0.2) is 4.68 Å². The SMILES string of the molecule is CC1=C(C(=O)Nc2cccnc2)C(c2ccc3c(c2)OCO3)n2nc(-c3ccc(Cl)c(Cl)c3)nc2N1. The molecule has 2 aromatic heterocycles. The van der Waals surface area contributed by atoms with Crippen molar-refractivity contribution in [2.45, 2.75) is 13.0 Å². The molecule has 36 heavy (non-hydrogen) atoms. The van der Waals surface area contributed by atoms with Gasteiger partial charge in [0.15, 0.2) is 17.3 Å². The molecule has 1 amide bonds. The van der Waals surface area contributed by atoms with E-state index in [0.29, 0.717) is 55.8 Å². The number of hydrogen-bond acceptors (Lipinski definition) is 7. The van der Waals surface area contributed by atoms with Crippen molar-refractivity contribution in [1.82, 2.24) is 19.7 Å². The largest absolute Gasteiger partial charge is 0.454 e. The molecule has 0 fully saturated rings. The van der Waals surface area contributed by atoms with Crippen LogP contribution in [0.5, 0.6) is 11.5 Å². The molecule has 0 radical (unpaired) electrons. The van der Waals surface area contributed by atoms with Crippen LogP contribution in [0.4, 0.5) is 11.6 Å². The summed E-state index contributed by atoms with van der Waals surface area (Å²) in [7, 11) is 0. The van der Waals surface area contributed by atoms with Crippen LogP contribution >= 0.6 is 23.2 Å². The van der Waals surface area contributed by atoms with Gasteiger partial charge >= 0.3 is 0 Å². The molecule has 2 aromatic carbocycles. The number of carbonyl (C=O) groups is 1. The third-order valence-electron chi connectivity index (χ3n) is 5.91. The molecule has 1 unspecified atom stereocenters. The number of carbonyl (C=O) groups excluding carboxylic acids is 1. The van der Waals surface area contributed by atoms with E-state index in [2.05, 4.69) is 20.6 Å². The van der Waals surface area contributed by atoms with Crippen molar-refractivity contribution >= 4 is 40.7 Å². The molecule has 2 aliphatic rings. The number of anilines is 2. The molecule has 9 nitrogen and oxygen atoms in total. The van der Waals surface area contributed by atoms with Gasteiger partial charge in [-0.3, -0.25) is 9.78 Å². The zero-order valence-corrected chi connectivity index (χ0v) is 20.3. The summed E-state index contributed by atoms with van der Waals surface area (Å²) in [6, 6.07) is 13.7. The predicted molar refractivity (Wildman–Crippen MR) is 135 cm³/mol. The Morgan fingerprint density at radius 3 is 2.78 bits per heavy atom. The Balaban J connectivity index is 1.46. The first kappa shape index (κ1) is 22.4. The second kappa shape index (κ2) is 8.85. The Labute approximate surface area is 215 Å². The molecule has 2 aliphatic heterocycles. The smallest absolute Gasteiger partial charge is 0.255 e. The number of benzene rings is 2. The van der Waals surface area contributed by atoms with Gasteiger partial charge in [0, 0.05) is 17.5 Å². The fraction of sp³-hybridized carbons (Fsp3) is 0.120. The van der Waals surface area contributed by atoms with Gasteiger partial charge in [-0.1, -0.05) is 29.3 Å². The van der Waals surface area contributed by atoms with Gasteiger partial charge in [-0.15, -0.1) is 5.10 Å². The van der Waals surface area contributed by atoms with E-state index in [1.54, 1.807) is 47.4 Å². The van der Waals surface area contributed by atoms with Crippen molar-refractivity contribution in [3.05, 3.63) is 87.8 Å². The predicted octanol–water partition coefficient (Wildman–Crippen LogP) is 5.30. The fourth-order valence-electron chi connectivity index (χ4n) is 4.23. The summed E-state index contributed by atoms with van der Waals surface area (Å²) in [6.45, 7) is 1.97. The standard InChI is InChI=1S/C25H18Cl2N6O3/c1-13-21(24(34)30-16-3-2-8-28-11-16)22(14-5-7-19-20(10-14)36-12-35-19)33-25(29-13)31-23(32-33)15-4-6-17(26)18(27)9-15/h2-11,22H,12H2,1H3,(H,30,34)(H,29,31,32). The first-order chi connectivity index (χ1) is 17.5. The van der Waals surface area contributed by atoms with E-state index in [1.165, 1.54) is 0 Å². The molecule has 0 saturated heterocycles. The average Bonchev–Trinajstić information content (AvgIpc) is 3.52. The molecule has 0 bridgehead atoms. The van der Waals surface area contributed by atoms with E-state index in [-0.39, 0.29) is 12.7 Å². The van der Waals surface area contributed by atoms with Crippen molar-refractivity contribution in [2.75, 3.05) is 17.4 Å². The lowest BCUT2D eigenvalue weighted by molar-refractivity contribution is -0.113. The number of amides is 1. The van der Waals surface area contributed by atoms with Crippen molar-refractivity contribution < 1.29 is 14.3 Å². The Morgan fingerprint density at radius 1 is 1.11 bits per heavy atom. The van der Waals surface area contributed by atoms with E-state index in [1.807, 2.05) is 25.1 Å². The van der Waals surface area contributed by atoms with Crippen molar-refractivity contribution in [1.29, 1.82) is 0 Å². The molecule has 0 aliphatic carbocycles. The molecule has 2 N–H and O–H groups in total. The number of hydrogen-bond donors (Lipinski definition) is 2. The lowest BCUT2D eigenvalue weighted by atomic mass is 9.94. The number of halogens is 2. The van der Waals surface area contributed by atoms with Crippen LogP contribution in [0, 0.1) is 0 Å². The fourth-order valence-corrected chi connectivity index (χ4v) is 4.53. The van der Waals surface area contributed by atoms with Crippen LogP contribution in [-0.4, -0.2) is 32.4 Å². The van der Waals surface area contributed by atoms with E-state index in [9.17, 15) is 4.79 Å². The number of nitrogens with one attached hydrogen (secondary N) is 2. The maximum atomic E-state index is 13.6. The van der Waals surface area contributed by atoms with Crippen molar-refractivity contribution in [2.24, 2.45) is 0 Å². The Morgan fingerprint density at radius 2 is 1.97 bits per heavy atom. The van der Waals surface area contributed by atoms with Gasteiger partial charge in [0.25, 0.3) is 5.91 Å². The van der Waals surface area contributed by atoms with Crippen LogP contribution in [0.15, 0.2) is 72.2 Å². The van der Waals surface area contributed by atoms with Crippen LogP contribution in [0.3, 0.4) is 0 Å². The van der Waals surface area contributed by atoms with Gasteiger partial charge in [0.1, 0.15) is 6.04 Å². The lowest BCUT2D eigenvalue weighted by Gasteiger charge is -2.28. The minimum absolute atomic E-state index is 0.143. The number of ether oxygens (including phenoxy) is 2. The molecule has 6 rings (SSSR count). The number of fused-ring (bicyclic) bond motifs is 2. The monoisotopic (exact) mass is 520 g/mol. The molecule has 11 heteroatoms. The molecule has 4 heterocycles. The summed E-state index contributed by atoms with van der Waals surface area (Å²) in [5.41, 5.74) is 3.16. The molecule has 4 aromatic rings. The van der Waals surface area contributed by atoms with E-state index >= 15 is 0 Å². The highest BCUT2D eigenvalue weighted by Crippen LogP contribution is 2.41. The lowest BCUT2D eigenvalue weighted by Crippen LogP contribution is -2.31. The quantitative estimate of drug-likeness (QED) is 0.376.